The molecule has 0 aromatic rings. The molecule has 26 heavy (non-hydrogen) atoms. The molecule has 2 saturated heterocycles. The molecule has 0 atom stereocenters. The third-order valence-electron chi connectivity index (χ3n) is 5.22. The maximum Gasteiger partial charge on any atom is 0.211 e. The van der Waals surface area contributed by atoms with Crippen LogP contribution >= 0.6 is 0 Å². The van der Waals surface area contributed by atoms with E-state index >= 15 is 0 Å². The molecule has 8 nitrogen and oxygen atoms in total. The average molecular weight is 409 g/mol. The van der Waals surface area contributed by atoms with E-state index in [4.69, 9.17) is 4.99 Å². The number of sulfonamides is 1. The highest BCUT2D eigenvalue weighted by atomic mass is 32.2. The maximum absolute atomic E-state index is 12.2. The SMILES string of the molecule is CCNC(=NCC1CCN(S(C)(=O)=O)CC1)N1CCS(=O)(=O)C(C)(C)C1. The first-order valence-electron chi connectivity index (χ1n) is 9.17. The number of rotatable bonds is 4. The van der Waals surface area contributed by atoms with Crippen molar-refractivity contribution >= 4 is 25.8 Å². The molecule has 152 valence electrons. The van der Waals surface area contributed by atoms with Gasteiger partial charge < -0.3 is 10.2 Å². The van der Waals surface area contributed by atoms with Gasteiger partial charge in [-0.15, -0.1) is 0 Å². The molecule has 0 aromatic heterocycles. The molecule has 2 aliphatic rings. The fourth-order valence-corrected chi connectivity index (χ4v) is 5.63. The molecule has 0 bridgehead atoms. The zero-order chi connectivity index (χ0) is 19.6. The van der Waals surface area contributed by atoms with Crippen molar-refractivity contribution in [3.63, 3.8) is 0 Å². The number of aliphatic imine (C=N–C) groups is 1. The van der Waals surface area contributed by atoms with E-state index in [2.05, 4.69) is 5.32 Å². The molecular formula is C16H32N4O4S2. The first-order valence-corrected chi connectivity index (χ1v) is 12.7. The minimum Gasteiger partial charge on any atom is -0.357 e. The Morgan fingerprint density at radius 3 is 2.35 bits per heavy atom. The van der Waals surface area contributed by atoms with E-state index in [1.54, 1.807) is 13.8 Å². The molecule has 0 amide bonds. The summed E-state index contributed by atoms with van der Waals surface area (Å²) in [5, 5.41) is 3.26. The van der Waals surface area contributed by atoms with E-state index in [9.17, 15) is 16.8 Å². The summed E-state index contributed by atoms with van der Waals surface area (Å²) in [5.41, 5.74) is 0. The van der Waals surface area contributed by atoms with Crippen LogP contribution in [-0.4, -0.2) is 88.0 Å². The molecule has 2 rings (SSSR count). The summed E-state index contributed by atoms with van der Waals surface area (Å²) in [4.78, 5) is 6.75. The highest BCUT2D eigenvalue weighted by molar-refractivity contribution is 7.92. The van der Waals surface area contributed by atoms with Gasteiger partial charge in [0.2, 0.25) is 10.0 Å². The summed E-state index contributed by atoms with van der Waals surface area (Å²) in [5.74, 6) is 1.24. The summed E-state index contributed by atoms with van der Waals surface area (Å²) in [7, 11) is -6.20. The molecular weight excluding hydrogens is 376 g/mol. The molecule has 0 radical (unpaired) electrons. The van der Waals surface area contributed by atoms with Crippen molar-refractivity contribution in [2.45, 2.75) is 38.4 Å². The molecule has 10 heteroatoms. The van der Waals surface area contributed by atoms with Crippen LogP contribution in [-0.2, 0) is 19.9 Å². The topological polar surface area (TPSA) is 99.2 Å². The summed E-state index contributed by atoms with van der Waals surface area (Å²) in [6.45, 7) is 8.83. The van der Waals surface area contributed by atoms with Crippen molar-refractivity contribution < 1.29 is 16.8 Å². The zero-order valence-electron chi connectivity index (χ0n) is 16.2. The Morgan fingerprint density at radius 1 is 1.23 bits per heavy atom. The Hall–Kier alpha value is -0.870. The molecule has 0 unspecified atom stereocenters. The van der Waals surface area contributed by atoms with Gasteiger partial charge >= 0.3 is 0 Å². The molecule has 2 heterocycles. The second kappa shape index (κ2) is 8.02. The van der Waals surface area contributed by atoms with Gasteiger partial charge in [0.1, 0.15) is 0 Å². The van der Waals surface area contributed by atoms with Crippen LogP contribution in [0.2, 0.25) is 0 Å². The predicted octanol–water partition coefficient (Wildman–Crippen LogP) is 0.133. The van der Waals surface area contributed by atoms with E-state index < -0.39 is 24.6 Å². The largest absolute Gasteiger partial charge is 0.357 e. The molecule has 2 aliphatic heterocycles. The van der Waals surface area contributed by atoms with Crippen molar-refractivity contribution in [2.24, 2.45) is 10.9 Å². The van der Waals surface area contributed by atoms with Crippen molar-refractivity contribution in [3.8, 4) is 0 Å². The Balaban J connectivity index is 2.00. The Bertz CT molecular complexity index is 723. The second-order valence-electron chi connectivity index (χ2n) is 7.80. The Kier molecular flexibility index (Phi) is 6.61. The van der Waals surface area contributed by atoms with Crippen molar-refractivity contribution in [3.05, 3.63) is 0 Å². The highest BCUT2D eigenvalue weighted by Crippen LogP contribution is 2.24. The number of hydrogen-bond donors (Lipinski definition) is 1. The lowest BCUT2D eigenvalue weighted by atomic mass is 9.98. The second-order valence-corrected chi connectivity index (χ2v) is 12.5. The van der Waals surface area contributed by atoms with Gasteiger partial charge in [0.25, 0.3) is 0 Å². The first kappa shape index (κ1) is 21.4. The van der Waals surface area contributed by atoms with Crippen LogP contribution in [0.1, 0.15) is 33.6 Å². The molecule has 0 saturated carbocycles. The molecule has 0 aliphatic carbocycles. The number of sulfone groups is 1. The standard InChI is InChI=1S/C16H32N4O4S2/c1-5-17-15(19-10-11-26(23,24)16(2,3)13-19)18-12-14-6-8-20(9-7-14)25(4,21)22/h14H,5-13H2,1-4H3,(H,17,18). The fraction of sp³-hybridized carbons (Fsp3) is 0.938. The number of nitrogens with zero attached hydrogens (tertiary/aromatic N) is 3. The molecule has 2 fully saturated rings. The first-order chi connectivity index (χ1) is 12.0. The van der Waals surface area contributed by atoms with Gasteiger partial charge in [-0.2, -0.15) is 0 Å². The zero-order valence-corrected chi connectivity index (χ0v) is 17.9. The third-order valence-corrected chi connectivity index (χ3v) is 9.06. The average Bonchev–Trinajstić information content (AvgIpc) is 2.54. The minimum absolute atomic E-state index is 0.136. The molecule has 1 N–H and O–H groups in total. The van der Waals surface area contributed by atoms with E-state index in [0.717, 1.165) is 25.3 Å². The number of hydrogen-bond acceptors (Lipinski definition) is 5. The van der Waals surface area contributed by atoms with Crippen LogP contribution < -0.4 is 5.32 Å². The summed E-state index contributed by atoms with van der Waals surface area (Å²) in [6.07, 6.45) is 2.85. The third kappa shape index (κ3) is 5.10. The van der Waals surface area contributed by atoms with Gasteiger partial charge in [0, 0.05) is 39.3 Å². The number of guanidine groups is 1. The van der Waals surface area contributed by atoms with E-state index in [-0.39, 0.29) is 5.75 Å². The van der Waals surface area contributed by atoms with Crippen LogP contribution in [0.25, 0.3) is 0 Å². The van der Waals surface area contributed by atoms with Gasteiger partial charge in [-0.25, -0.2) is 21.1 Å². The van der Waals surface area contributed by atoms with Gasteiger partial charge in [0.15, 0.2) is 15.8 Å². The van der Waals surface area contributed by atoms with Crippen molar-refractivity contribution in [1.29, 1.82) is 0 Å². The molecule has 0 aromatic carbocycles. The predicted molar refractivity (Wildman–Crippen MR) is 105 cm³/mol. The fourth-order valence-electron chi connectivity index (χ4n) is 3.39. The Morgan fingerprint density at radius 2 is 1.85 bits per heavy atom. The lowest BCUT2D eigenvalue weighted by molar-refractivity contribution is 0.278. The van der Waals surface area contributed by atoms with E-state index in [1.165, 1.54) is 10.6 Å². The monoisotopic (exact) mass is 408 g/mol. The maximum atomic E-state index is 12.2. The van der Waals surface area contributed by atoms with Crippen LogP contribution in [0.5, 0.6) is 0 Å². The van der Waals surface area contributed by atoms with Crippen LogP contribution in [0, 0.1) is 5.92 Å². The lowest BCUT2D eigenvalue weighted by Gasteiger charge is -2.39. The quantitative estimate of drug-likeness (QED) is 0.524. The van der Waals surface area contributed by atoms with Gasteiger partial charge in [-0.05, 0) is 39.5 Å². The van der Waals surface area contributed by atoms with Crippen LogP contribution in [0.3, 0.4) is 0 Å². The Labute approximate surface area is 158 Å². The minimum atomic E-state index is -3.11. The van der Waals surface area contributed by atoms with E-state index in [0.29, 0.717) is 38.6 Å². The number of nitrogens with one attached hydrogen (secondary N) is 1. The highest BCUT2D eigenvalue weighted by Gasteiger charge is 2.41. The summed E-state index contributed by atoms with van der Waals surface area (Å²) >= 11 is 0. The lowest BCUT2D eigenvalue weighted by Crippen LogP contribution is -2.57. The van der Waals surface area contributed by atoms with Crippen molar-refractivity contribution in [2.75, 3.05) is 51.3 Å². The van der Waals surface area contributed by atoms with Gasteiger partial charge in [-0.3, -0.25) is 4.99 Å². The van der Waals surface area contributed by atoms with E-state index in [1.807, 2.05) is 11.8 Å². The number of piperidine rings is 1. The normalized spacial score (nSPS) is 25.2. The van der Waals surface area contributed by atoms with Crippen LogP contribution in [0.15, 0.2) is 4.99 Å². The van der Waals surface area contributed by atoms with Crippen LogP contribution in [0.4, 0.5) is 0 Å². The smallest absolute Gasteiger partial charge is 0.211 e. The molecule has 0 spiro atoms. The summed E-state index contributed by atoms with van der Waals surface area (Å²) < 4.78 is 48.3. The van der Waals surface area contributed by atoms with Gasteiger partial charge in [-0.1, -0.05) is 0 Å². The van der Waals surface area contributed by atoms with Gasteiger partial charge in [0.05, 0.1) is 16.8 Å². The summed E-state index contributed by atoms with van der Waals surface area (Å²) in [6, 6.07) is 0. The van der Waals surface area contributed by atoms with Crippen molar-refractivity contribution in [1.82, 2.24) is 14.5 Å².